The molecule has 2 aromatic rings. The quantitative estimate of drug-likeness (QED) is 0.875. The van der Waals surface area contributed by atoms with Gasteiger partial charge in [0.15, 0.2) is 0 Å². The Hall–Kier alpha value is -1.24. The first-order valence-electron chi connectivity index (χ1n) is 6.59. The molecule has 3 rings (SSSR count). The van der Waals surface area contributed by atoms with Crippen LogP contribution in [0.1, 0.15) is 12.6 Å². The van der Waals surface area contributed by atoms with E-state index in [1.165, 1.54) is 0 Å². The van der Waals surface area contributed by atoms with Crippen molar-refractivity contribution in [3.8, 4) is 9.88 Å². The third kappa shape index (κ3) is 2.92. The van der Waals surface area contributed by atoms with Gasteiger partial charge in [0, 0.05) is 11.9 Å². The number of hydrogen-bond acceptors (Lipinski definition) is 5. The molecule has 0 aromatic carbocycles. The minimum absolute atomic E-state index is 0.142. The van der Waals surface area contributed by atoms with Crippen LogP contribution in [0.3, 0.4) is 0 Å². The lowest BCUT2D eigenvalue weighted by Crippen LogP contribution is -2.47. The summed E-state index contributed by atoms with van der Waals surface area (Å²) < 4.78 is 5.36. The molecular weight excluding hydrogens is 292 g/mol. The number of amides is 1. The number of carbonyl (C=O) groups is 1. The van der Waals surface area contributed by atoms with Crippen molar-refractivity contribution < 1.29 is 9.53 Å². The second-order valence-electron chi connectivity index (χ2n) is 4.81. The van der Waals surface area contributed by atoms with E-state index in [9.17, 15) is 4.79 Å². The van der Waals surface area contributed by atoms with Crippen LogP contribution < -0.4 is 0 Å². The van der Waals surface area contributed by atoms with Crippen LogP contribution in [0.4, 0.5) is 0 Å². The fourth-order valence-electron chi connectivity index (χ4n) is 2.26. The number of thiazole rings is 1. The summed E-state index contributed by atoms with van der Waals surface area (Å²) in [4.78, 5) is 19.9. The van der Waals surface area contributed by atoms with Crippen LogP contribution >= 0.6 is 22.7 Å². The van der Waals surface area contributed by atoms with Crippen LogP contribution in [0, 0.1) is 0 Å². The molecule has 0 N–H and O–H groups in total. The highest BCUT2D eigenvalue weighted by Crippen LogP contribution is 2.28. The Balaban J connectivity index is 1.67. The predicted molar refractivity (Wildman–Crippen MR) is 81.1 cm³/mol. The fourth-order valence-corrected chi connectivity index (χ4v) is 3.89. The van der Waals surface area contributed by atoms with E-state index in [1.54, 1.807) is 22.7 Å². The standard InChI is InChI=1S/C14H16N2O2S2/c1-10-8-18-5-4-16(10)13(17)7-11-9-20-14(15-11)12-3-2-6-19-12/h2-3,6,9-10H,4-5,7-8H2,1H3/t10-/m1/s1. The summed E-state index contributed by atoms with van der Waals surface area (Å²) in [6.45, 7) is 3.97. The van der Waals surface area contributed by atoms with Crippen molar-refractivity contribution in [1.29, 1.82) is 0 Å². The molecule has 1 atom stereocenters. The Bertz CT molecular complexity index is 580. The van der Waals surface area contributed by atoms with Gasteiger partial charge in [-0.25, -0.2) is 4.98 Å². The van der Waals surface area contributed by atoms with Crippen molar-refractivity contribution in [3.05, 3.63) is 28.6 Å². The molecule has 0 spiro atoms. The number of ether oxygens (including phenoxy) is 1. The summed E-state index contributed by atoms with van der Waals surface area (Å²) in [5.74, 6) is 0.142. The van der Waals surface area contributed by atoms with Gasteiger partial charge in [0.2, 0.25) is 5.91 Å². The Morgan fingerprint density at radius 3 is 3.20 bits per heavy atom. The maximum Gasteiger partial charge on any atom is 0.229 e. The van der Waals surface area contributed by atoms with E-state index in [0.717, 1.165) is 15.6 Å². The van der Waals surface area contributed by atoms with E-state index < -0.39 is 0 Å². The van der Waals surface area contributed by atoms with Crippen molar-refractivity contribution in [2.45, 2.75) is 19.4 Å². The third-order valence-corrected chi connectivity index (χ3v) is 5.23. The Morgan fingerprint density at radius 1 is 1.55 bits per heavy atom. The molecule has 1 saturated heterocycles. The molecular formula is C14H16N2O2S2. The van der Waals surface area contributed by atoms with Crippen LogP contribution in [-0.4, -0.2) is 41.6 Å². The number of aromatic nitrogens is 1. The molecule has 0 bridgehead atoms. The highest BCUT2D eigenvalue weighted by Gasteiger charge is 2.24. The number of morpholine rings is 1. The van der Waals surface area contributed by atoms with Gasteiger partial charge in [-0.1, -0.05) is 6.07 Å². The molecule has 1 amide bonds. The summed E-state index contributed by atoms with van der Waals surface area (Å²) in [7, 11) is 0. The van der Waals surface area contributed by atoms with Crippen LogP contribution in [0.15, 0.2) is 22.9 Å². The lowest BCUT2D eigenvalue weighted by atomic mass is 10.2. The lowest BCUT2D eigenvalue weighted by molar-refractivity contribution is -0.138. The third-order valence-electron chi connectivity index (χ3n) is 3.30. The van der Waals surface area contributed by atoms with Gasteiger partial charge < -0.3 is 9.64 Å². The van der Waals surface area contributed by atoms with Gasteiger partial charge in [-0.05, 0) is 18.4 Å². The molecule has 4 nitrogen and oxygen atoms in total. The molecule has 20 heavy (non-hydrogen) atoms. The molecule has 6 heteroatoms. The van der Waals surface area contributed by atoms with Crippen molar-refractivity contribution in [2.75, 3.05) is 19.8 Å². The molecule has 0 saturated carbocycles. The molecule has 0 radical (unpaired) electrons. The van der Waals surface area contributed by atoms with Gasteiger partial charge in [0.1, 0.15) is 5.01 Å². The van der Waals surface area contributed by atoms with Gasteiger partial charge in [-0.3, -0.25) is 4.79 Å². The highest BCUT2D eigenvalue weighted by molar-refractivity contribution is 7.20. The first-order valence-corrected chi connectivity index (χ1v) is 8.35. The zero-order chi connectivity index (χ0) is 13.9. The summed E-state index contributed by atoms with van der Waals surface area (Å²) in [5.41, 5.74) is 0.863. The first kappa shape index (κ1) is 13.7. The first-order chi connectivity index (χ1) is 9.74. The minimum Gasteiger partial charge on any atom is -0.377 e. The van der Waals surface area contributed by atoms with E-state index in [2.05, 4.69) is 11.1 Å². The molecule has 1 aliphatic heterocycles. The maximum atomic E-state index is 12.3. The summed E-state index contributed by atoms with van der Waals surface area (Å²) >= 11 is 3.27. The second kappa shape index (κ2) is 6.03. The van der Waals surface area contributed by atoms with Crippen molar-refractivity contribution in [2.24, 2.45) is 0 Å². The molecule has 1 fully saturated rings. The van der Waals surface area contributed by atoms with Crippen molar-refractivity contribution in [1.82, 2.24) is 9.88 Å². The Morgan fingerprint density at radius 2 is 2.45 bits per heavy atom. The van der Waals surface area contributed by atoms with Gasteiger partial charge in [0.25, 0.3) is 0 Å². The van der Waals surface area contributed by atoms with Crippen LogP contribution in [-0.2, 0) is 16.0 Å². The molecule has 3 heterocycles. The second-order valence-corrected chi connectivity index (χ2v) is 6.61. The smallest absolute Gasteiger partial charge is 0.229 e. The van der Waals surface area contributed by atoms with E-state index in [-0.39, 0.29) is 11.9 Å². The van der Waals surface area contributed by atoms with Crippen molar-refractivity contribution in [3.63, 3.8) is 0 Å². The molecule has 106 valence electrons. The number of nitrogens with zero attached hydrogens (tertiary/aromatic N) is 2. The Kier molecular flexibility index (Phi) is 4.14. The van der Waals surface area contributed by atoms with Crippen LogP contribution in [0.25, 0.3) is 9.88 Å². The molecule has 2 aromatic heterocycles. The van der Waals surface area contributed by atoms with Crippen LogP contribution in [0.5, 0.6) is 0 Å². The SMILES string of the molecule is C[C@@H]1COCCN1C(=O)Cc1csc(-c2cccs2)n1. The van der Waals surface area contributed by atoms with Gasteiger partial charge in [-0.15, -0.1) is 22.7 Å². The van der Waals surface area contributed by atoms with Crippen molar-refractivity contribution >= 4 is 28.6 Å². The Labute approximate surface area is 126 Å². The maximum absolute atomic E-state index is 12.3. The molecule has 1 aliphatic rings. The number of hydrogen-bond donors (Lipinski definition) is 0. The van der Waals surface area contributed by atoms with Gasteiger partial charge in [-0.2, -0.15) is 0 Å². The number of carbonyl (C=O) groups excluding carboxylic acids is 1. The topological polar surface area (TPSA) is 42.4 Å². The zero-order valence-corrected chi connectivity index (χ0v) is 12.9. The number of rotatable bonds is 3. The minimum atomic E-state index is 0.142. The van der Waals surface area contributed by atoms with E-state index in [0.29, 0.717) is 26.2 Å². The summed E-state index contributed by atoms with van der Waals surface area (Å²) in [5, 5.41) is 5.02. The summed E-state index contributed by atoms with van der Waals surface area (Å²) in [6.07, 6.45) is 0.381. The molecule has 0 unspecified atom stereocenters. The predicted octanol–water partition coefficient (Wildman–Crippen LogP) is 2.66. The average molecular weight is 308 g/mol. The molecule has 0 aliphatic carbocycles. The highest BCUT2D eigenvalue weighted by atomic mass is 32.1. The zero-order valence-electron chi connectivity index (χ0n) is 11.2. The summed E-state index contributed by atoms with van der Waals surface area (Å²) in [6, 6.07) is 4.23. The van der Waals surface area contributed by atoms with E-state index in [1.807, 2.05) is 28.7 Å². The fraction of sp³-hybridized carbons (Fsp3) is 0.429. The normalized spacial score (nSPS) is 19.2. The van der Waals surface area contributed by atoms with Crippen LogP contribution in [0.2, 0.25) is 0 Å². The largest absolute Gasteiger partial charge is 0.377 e. The average Bonchev–Trinajstić information content (AvgIpc) is 3.09. The van der Waals surface area contributed by atoms with E-state index >= 15 is 0 Å². The lowest BCUT2D eigenvalue weighted by Gasteiger charge is -2.33. The monoisotopic (exact) mass is 308 g/mol. The van der Waals surface area contributed by atoms with E-state index in [4.69, 9.17) is 4.74 Å². The van der Waals surface area contributed by atoms with Gasteiger partial charge >= 0.3 is 0 Å². The number of thiophene rings is 1. The van der Waals surface area contributed by atoms with Gasteiger partial charge in [0.05, 0.1) is 36.2 Å².